The largest absolute Gasteiger partial charge is 0.491 e. The van der Waals surface area contributed by atoms with Crippen molar-refractivity contribution in [3.05, 3.63) is 29.3 Å². The van der Waals surface area contributed by atoms with Crippen LogP contribution in [-0.2, 0) is 9.47 Å². The molecule has 0 N–H and O–H groups in total. The van der Waals surface area contributed by atoms with Gasteiger partial charge in [-0.25, -0.2) is 4.79 Å². The number of rotatable bonds is 7. The topological polar surface area (TPSA) is 98.8 Å². The molecule has 2 atom stereocenters. The van der Waals surface area contributed by atoms with E-state index in [1.54, 1.807) is 24.1 Å². The van der Waals surface area contributed by atoms with E-state index < -0.39 is 0 Å². The van der Waals surface area contributed by atoms with Crippen molar-refractivity contribution in [1.82, 2.24) is 9.80 Å². The fourth-order valence-corrected chi connectivity index (χ4v) is 3.88. The lowest BCUT2D eigenvalue weighted by Crippen LogP contribution is -2.56. The van der Waals surface area contributed by atoms with Crippen LogP contribution >= 0.6 is 0 Å². The van der Waals surface area contributed by atoms with E-state index in [0.29, 0.717) is 55.3 Å². The minimum Gasteiger partial charge on any atom is -0.491 e. The Kier molecular flexibility index (Phi) is 6.70. The van der Waals surface area contributed by atoms with Gasteiger partial charge in [0.1, 0.15) is 25.0 Å². The molecular weight excluding hydrogens is 360 g/mol. The Morgan fingerprint density at radius 1 is 1.14 bits per heavy atom. The molecule has 1 amide bonds. The van der Waals surface area contributed by atoms with Crippen molar-refractivity contribution >= 4 is 6.09 Å². The number of carbonyl (C=O) groups excluding carboxylic acids is 1. The van der Waals surface area contributed by atoms with Crippen molar-refractivity contribution in [2.45, 2.75) is 24.9 Å². The van der Waals surface area contributed by atoms with Crippen LogP contribution < -0.4 is 4.74 Å². The number of nitrogens with zero attached hydrogens (tertiary/aromatic N) is 4. The summed E-state index contributed by atoms with van der Waals surface area (Å²) in [4.78, 5) is 16.3. The molecule has 2 aliphatic heterocycles. The van der Waals surface area contributed by atoms with E-state index in [0.717, 1.165) is 19.4 Å². The number of carbonyl (C=O) groups is 1. The van der Waals surface area contributed by atoms with Gasteiger partial charge in [0.15, 0.2) is 0 Å². The zero-order valence-electron chi connectivity index (χ0n) is 16.0. The van der Waals surface area contributed by atoms with Crippen LogP contribution in [0.3, 0.4) is 0 Å². The van der Waals surface area contributed by atoms with Gasteiger partial charge in [0, 0.05) is 38.8 Å². The van der Waals surface area contributed by atoms with E-state index in [9.17, 15) is 10.1 Å². The van der Waals surface area contributed by atoms with Crippen LogP contribution in [0.5, 0.6) is 5.75 Å². The molecule has 1 aromatic carbocycles. The number of methoxy groups -OCH3 is 1. The van der Waals surface area contributed by atoms with Gasteiger partial charge in [-0.1, -0.05) is 0 Å². The Balaban J connectivity index is 1.50. The van der Waals surface area contributed by atoms with Crippen molar-refractivity contribution in [2.75, 3.05) is 46.6 Å². The fraction of sp³-hybridized carbons (Fsp3) is 0.550. The summed E-state index contributed by atoms with van der Waals surface area (Å²) in [5.41, 5.74) is 0.807. The summed E-state index contributed by atoms with van der Waals surface area (Å²) in [5.74, 6) is 0.495. The molecule has 0 saturated carbocycles. The van der Waals surface area contributed by atoms with Crippen LogP contribution in [0.1, 0.15) is 24.0 Å². The summed E-state index contributed by atoms with van der Waals surface area (Å²) >= 11 is 0. The normalized spacial score (nSPS) is 21.0. The third kappa shape index (κ3) is 4.53. The highest BCUT2D eigenvalue weighted by molar-refractivity contribution is 5.68. The van der Waals surface area contributed by atoms with E-state index in [1.165, 1.54) is 6.07 Å². The Morgan fingerprint density at radius 3 is 2.54 bits per heavy atom. The number of fused-ring (bicyclic) bond motifs is 2. The lowest BCUT2D eigenvalue weighted by atomic mass is 10.1. The molecule has 2 unspecified atom stereocenters. The Bertz CT molecular complexity index is 771. The fourth-order valence-electron chi connectivity index (χ4n) is 3.88. The van der Waals surface area contributed by atoms with Crippen LogP contribution in [0.4, 0.5) is 4.79 Å². The number of hydrogen-bond donors (Lipinski definition) is 0. The molecule has 148 valence electrons. The molecule has 0 aliphatic carbocycles. The summed E-state index contributed by atoms with van der Waals surface area (Å²) in [6.45, 7) is 3.16. The minimum atomic E-state index is -0.277. The molecule has 0 spiro atoms. The third-order valence-corrected chi connectivity index (χ3v) is 5.24. The summed E-state index contributed by atoms with van der Waals surface area (Å²) in [6.07, 6.45) is 1.82. The molecular formula is C20H24N4O4. The Hall–Kier alpha value is -2.81. The summed E-state index contributed by atoms with van der Waals surface area (Å²) in [7, 11) is 1.58. The highest BCUT2D eigenvalue weighted by Gasteiger charge is 2.41. The second-order valence-electron chi connectivity index (χ2n) is 6.92. The first-order chi connectivity index (χ1) is 13.7. The summed E-state index contributed by atoms with van der Waals surface area (Å²) in [5, 5.41) is 18.2. The quantitative estimate of drug-likeness (QED) is 0.660. The molecule has 2 heterocycles. The SMILES string of the molecule is COCCOC(=O)N1CC2CCC(C1)N2CCOc1ccc(C#N)cc1C#N. The average Bonchev–Trinajstić information content (AvgIpc) is 2.95. The van der Waals surface area contributed by atoms with Gasteiger partial charge in [-0.15, -0.1) is 0 Å². The standard InChI is InChI=1S/C20H24N4O4/c1-26-8-9-28-20(25)23-13-17-3-4-18(14-23)24(17)6-7-27-19-5-2-15(11-21)10-16(19)12-22/h2,5,10,17-18H,3-4,6-9,13-14H2,1H3. The zero-order chi connectivity index (χ0) is 19.9. The Labute approximate surface area is 164 Å². The number of ether oxygens (including phenoxy) is 3. The molecule has 8 nitrogen and oxygen atoms in total. The molecule has 28 heavy (non-hydrogen) atoms. The van der Waals surface area contributed by atoms with Gasteiger partial charge >= 0.3 is 6.09 Å². The number of amides is 1. The van der Waals surface area contributed by atoms with Gasteiger partial charge in [0.2, 0.25) is 0 Å². The average molecular weight is 384 g/mol. The number of nitriles is 2. The van der Waals surface area contributed by atoms with E-state index in [2.05, 4.69) is 11.0 Å². The van der Waals surface area contributed by atoms with E-state index in [1.807, 2.05) is 6.07 Å². The smallest absolute Gasteiger partial charge is 0.409 e. The van der Waals surface area contributed by atoms with Crippen molar-refractivity contribution < 1.29 is 19.0 Å². The highest BCUT2D eigenvalue weighted by atomic mass is 16.6. The van der Waals surface area contributed by atoms with Crippen molar-refractivity contribution in [3.8, 4) is 17.9 Å². The molecule has 2 saturated heterocycles. The number of piperazine rings is 1. The van der Waals surface area contributed by atoms with Crippen LogP contribution in [0.15, 0.2) is 18.2 Å². The monoisotopic (exact) mass is 384 g/mol. The molecule has 3 rings (SSSR count). The molecule has 8 heteroatoms. The third-order valence-electron chi connectivity index (χ3n) is 5.24. The Morgan fingerprint density at radius 2 is 1.89 bits per heavy atom. The molecule has 0 aromatic heterocycles. The minimum absolute atomic E-state index is 0.268. The molecule has 0 radical (unpaired) electrons. The van der Waals surface area contributed by atoms with Crippen LogP contribution in [0, 0.1) is 22.7 Å². The second-order valence-corrected chi connectivity index (χ2v) is 6.92. The first-order valence-electron chi connectivity index (χ1n) is 9.39. The van der Waals surface area contributed by atoms with Gasteiger partial charge in [0.25, 0.3) is 0 Å². The molecule has 2 aliphatic rings. The second kappa shape index (κ2) is 9.41. The summed E-state index contributed by atoms with van der Waals surface area (Å²) in [6, 6.07) is 9.54. The van der Waals surface area contributed by atoms with Crippen LogP contribution in [0.25, 0.3) is 0 Å². The first kappa shape index (κ1) is 19.9. The molecule has 2 fully saturated rings. The van der Waals surface area contributed by atoms with E-state index in [-0.39, 0.29) is 12.7 Å². The van der Waals surface area contributed by atoms with Gasteiger partial charge < -0.3 is 19.1 Å². The first-order valence-corrected chi connectivity index (χ1v) is 9.39. The van der Waals surface area contributed by atoms with Crippen molar-refractivity contribution in [2.24, 2.45) is 0 Å². The lowest BCUT2D eigenvalue weighted by molar-refractivity contribution is 0.0306. The molecule has 1 aromatic rings. The maximum atomic E-state index is 12.2. The van der Waals surface area contributed by atoms with Gasteiger partial charge in [-0.05, 0) is 31.0 Å². The van der Waals surface area contributed by atoms with E-state index in [4.69, 9.17) is 19.5 Å². The van der Waals surface area contributed by atoms with Gasteiger partial charge in [-0.2, -0.15) is 10.5 Å². The highest BCUT2D eigenvalue weighted by Crippen LogP contribution is 2.30. The molecule has 2 bridgehead atoms. The predicted octanol–water partition coefficient (Wildman–Crippen LogP) is 1.74. The van der Waals surface area contributed by atoms with Crippen LogP contribution in [0.2, 0.25) is 0 Å². The lowest BCUT2D eigenvalue weighted by Gasteiger charge is -2.40. The van der Waals surface area contributed by atoms with E-state index >= 15 is 0 Å². The van der Waals surface area contributed by atoms with Gasteiger partial charge in [-0.3, -0.25) is 4.90 Å². The number of benzene rings is 1. The van der Waals surface area contributed by atoms with Crippen LogP contribution in [-0.4, -0.2) is 74.5 Å². The number of hydrogen-bond acceptors (Lipinski definition) is 7. The summed E-state index contributed by atoms with van der Waals surface area (Å²) < 4.78 is 15.9. The predicted molar refractivity (Wildman–Crippen MR) is 99.7 cm³/mol. The van der Waals surface area contributed by atoms with Gasteiger partial charge in [0.05, 0.1) is 23.8 Å². The zero-order valence-corrected chi connectivity index (χ0v) is 16.0. The maximum Gasteiger partial charge on any atom is 0.409 e. The maximum absolute atomic E-state index is 12.2. The van der Waals surface area contributed by atoms with Crippen molar-refractivity contribution in [3.63, 3.8) is 0 Å². The van der Waals surface area contributed by atoms with Crippen molar-refractivity contribution in [1.29, 1.82) is 10.5 Å². The number of likely N-dealkylation sites (tertiary alicyclic amines) is 1.